The zero-order chi connectivity index (χ0) is 18.4. The van der Waals surface area contributed by atoms with Crippen molar-refractivity contribution in [3.63, 3.8) is 0 Å². The van der Waals surface area contributed by atoms with E-state index in [1.807, 2.05) is 24.3 Å². The Morgan fingerprint density at radius 3 is 2.68 bits per heavy atom. The van der Waals surface area contributed by atoms with Gasteiger partial charge in [0.2, 0.25) is 0 Å². The summed E-state index contributed by atoms with van der Waals surface area (Å²) < 4.78 is 5.67. The molecule has 132 valence electrons. The van der Waals surface area contributed by atoms with Gasteiger partial charge in [0, 0.05) is 12.1 Å². The lowest BCUT2D eigenvalue weighted by molar-refractivity contribution is -0.384. The standard InChI is InChI=1S/C19H22N2O4/c1-4-13(2)16-7-5-6-8-18(16)25-12-19(22)20-17-11-15(21(23)24)10-9-14(17)3/h5-11,13H,4,12H2,1-3H3,(H,20,22). The quantitative estimate of drug-likeness (QED) is 0.596. The molecule has 0 fully saturated rings. The van der Waals surface area contributed by atoms with Crippen molar-refractivity contribution in [1.82, 2.24) is 0 Å². The van der Waals surface area contributed by atoms with Gasteiger partial charge >= 0.3 is 0 Å². The van der Waals surface area contributed by atoms with Crippen molar-refractivity contribution in [3.8, 4) is 5.75 Å². The minimum Gasteiger partial charge on any atom is -0.483 e. The molecule has 1 atom stereocenters. The second-order valence-electron chi connectivity index (χ2n) is 5.94. The normalized spacial score (nSPS) is 11.6. The van der Waals surface area contributed by atoms with Crippen LogP contribution in [0.15, 0.2) is 42.5 Å². The second-order valence-corrected chi connectivity index (χ2v) is 5.94. The minimum absolute atomic E-state index is 0.0658. The number of nitrogens with one attached hydrogen (secondary N) is 1. The molecule has 1 unspecified atom stereocenters. The number of ether oxygens (including phenoxy) is 1. The molecule has 1 amide bonds. The smallest absolute Gasteiger partial charge is 0.271 e. The Morgan fingerprint density at radius 1 is 1.28 bits per heavy atom. The second kappa shape index (κ2) is 8.28. The first-order chi connectivity index (χ1) is 11.9. The molecular weight excluding hydrogens is 320 g/mol. The number of nitro benzene ring substituents is 1. The number of non-ortho nitro benzene ring substituents is 1. The van der Waals surface area contributed by atoms with Gasteiger partial charge in [-0.2, -0.15) is 0 Å². The number of hydrogen-bond acceptors (Lipinski definition) is 4. The first kappa shape index (κ1) is 18.4. The van der Waals surface area contributed by atoms with Gasteiger partial charge in [-0.1, -0.05) is 38.1 Å². The van der Waals surface area contributed by atoms with Gasteiger partial charge in [-0.15, -0.1) is 0 Å². The maximum absolute atomic E-state index is 12.2. The lowest BCUT2D eigenvalue weighted by Crippen LogP contribution is -2.21. The Morgan fingerprint density at radius 2 is 2.00 bits per heavy atom. The Kier molecular flexibility index (Phi) is 6.11. The highest BCUT2D eigenvalue weighted by molar-refractivity contribution is 5.93. The molecule has 0 spiro atoms. The number of benzene rings is 2. The van der Waals surface area contributed by atoms with Crippen molar-refractivity contribution in [2.24, 2.45) is 0 Å². The van der Waals surface area contributed by atoms with Gasteiger partial charge in [0.25, 0.3) is 11.6 Å². The number of carbonyl (C=O) groups is 1. The number of carbonyl (C=O) groups excluding carboxylic acids is 1. The maximum atomic E-state index is 12.2. The van der Waals surface area contributed by atoms with Gasteiger partial charge in [0.15, 0.2) is 6.61 Å². The number of rotatable bonds is 7. The minimum atomic E-state index is -0.492. The van der Waals surface area contributed by atoms with E-state index in [9.17, 15) is 14.9 Å². The average Bonchev–Trinajstić information content (AvgIpc) is 2.61. The molecule has 0 aromatic heterocycles. The molecule has 0 bridgehead atoms. The van der Waals surface area contributed by atoms with Gasteiger partial charge in [0.1, 0.15) is 5.75 Å². The first-order valence-corrected chi connectivity index (χ1v) is 8.19. The summed E-state index contributed by atoms with van der Waals surface area (Å²) >= 11 is 0. The number of aryl methyl sites for hydroxylation is 1. The van der Waals surface area contributed by atoms with Crippen molar-refractivity contribution >= 4 is 17.3 Å². The third-order valence-corrected chi connectivity index (χ3v) is 4.13. The van der Waals surface area contributed by atoms with E-state index in [2.05, 4.69) is 19.2 Å². The Labute approximate surface area is 147 Å². The van der Waals surface area contributed by atoms with Crippen LogP contribution in [0.5, 0.6) is 5.75 Å². The van der Waals surface area contributed by atoms with E-state index in [4.69, 9.17) is 4.74 Å². The number of amides is 1. The van der Waals surface area contributed by atoms with Crippen LogP contribution in [0.2, 0.25) is 0 Å². The largest absolute Gasteiger partial charge is 0.483 e. The molecule has 6 nitrogen and oxygen atoms in total. The van der Waals surface area contributed by atoms with Crippen molar-refractivity contribution in [2.45, 2.75) is 33.1 Å². The fourth-order valence-corrected chi connectivity index (χ4v) is 2.43. The van der Waals surface area contributed by atoms with Crippen molar-refractivity contribution < 1.29 is 14.5 Å². The molecule has 0 aliphatic heterocycles. The van der Waals surface area contributed by atoms with Crippen molar-refractivity contribution in [3.05, 3.63) is 63.7 Å². The van der Waals surface area contributed by atoms with E-state index >= 15 is 0 Å². The van der Waals surface area contributed by atoms with Gasteiger partial charge in [0.05, 0.1) is 10.6 Å². The van der Waals surface area contributed by atoms with E-state index < -0.39 is 4.92 Å². The van der Waals surface area contributed by atoms with E-state index in [0.29, 0.717) is 17.4 Å². The van der Waals surface area contributed by atoms with E-state index in [1.54, 1.807) is 13.0 Å². The van der Waals surface area contributed by atoms with Crippen molar-refractivity contribution in [1.29, 1.82) is 0 Å². The molecular formula is C19H22N2O4. The summed E-state index contributed by atoms with van der Waals surface area (Å²) in [7, 11) is 0. The molecule has 25 heavy (non-hydrogen) atoms. The summed E-state index contributed by atoms with van der Waals surface area (Å²) in [6, 6.07) is 12.0. The van der Waals surface area contributed by atoms with Crippen LogP contribution in [-0.2, 0) is 4.79 Å². The molecule has 0 saturated carbocycles. The Hall–Kier alpha value is -2.89. The third kappa shape index (κ3) is 4.79. The third-order valence-electron chi connectivity index (χ3n) is 4.13. The Bertz CT molecular complexity index is 774. The molecule has 0 radical (unpaired) electrons. The number of nitrogens with zero attached hydrogens (tertiary/aromatic N) is 1. The van der Waals surface area contributed by atoms with E-state index in [-0.39, 0.29) is 18.2 Å². The number of hydrogen-bond donors (Lipinski definition) is 1. The zero-order valence-corrected chi connectivity index (χ0v) is 14.6. The molecule has 1 N–H and O–H groups in total. The van der Waals surface area contributed by atoms with Crippen LogP contribution in [0.1, 0.15) is 37.3 Å². The lowest BCUT2D eigenvalue weighted by Gasteiger charge is -2.15. The molecule has 0 heterocycles. The predicted molar refractivity (Wildman–Crippen MR) is 97.1 cm³/mol. The van der Waals surface area contributed by atoms with E-state index in [0.717, 1.165) is 17.5 Å². The van der Waals surface area contributed by atoms with Crippen LogP contribution in [0.25, 0.3) is 0 Å². The number of anilines is 1. The summed E-state index contributed by atoms with van der Waals surface area (Å²) in [6.07, 6.45) is 0.972. The topological polar surface area (TPSA) is 81.5 Å². The summed E-state index contributed by atoms with van der Waals surface area (Å²) in [5.74, 6) is 0.656. The molecule has 2 aromatic carbocycles. The molecule has 0 saturated heterocycles. The van der Waals surface area contributed by atoms with Crippen LogP contribution in [-0.4, -0.2) is 17.4 Å². The van der Waals surface area contributed by atoms with Crippen LogP contribution in [0.3, 0.4) is 0 Å². The van der Waals surface area contributed by atoms with Gasteiger partial charge in [-0.3, -0.25) is 14.9 Å². The van der Waals surface area contributed by atoms with Crippen LogP contribution in [0, 0.1) is 17.0 Å². The lowest BCUT2D eigenvalue weighted by atomic mass is 9.98. The van der Waals surface area contributed by atoms with Gasteiger partial charge < -0.3 is 10.1 Å². The number of nitro groups is 1. The fraction of sp³-hybridized carbons (Fsp3) is 0.316. The van der Waals surface area contributed by atoms with Gasteiger partial charge in [-0.25, -0.2) is 0 Å². The summed E-state index contributed by atoms with van der Waals surface area (Å²) in [5.41, 5.74) is 2.16. The summed E-state index contributed by atoms with van der Waals surface area (Å²) in [6.45, 7) is 5.82. The van der Waals surface area contributed by atoms with E-state index in [1.165, 1.54) is 12.1 Å². The van der Waals surface area contributed by atoms with Gasteiger partial charge in [-0.05, 0) is 36.5 Å². The molecule has 0 aliphatic carbocycles. The predicted octanol–water partition coefficient (Wildman–Crippen LogP) is 4.43. The van der Waals surface area contributed by atoms with Crippen LogP contribution in [0.4, 0.5) is 11.4 Å². The Balaban J connectivity index is 2.05. The molecule has 2 rings (SSSR count). The maximum Gasteiger partial charge on any atom is 0.271 e. The highest BCUT2D eigenvalue weighted by Crippen LogP contribution is 2.28. The average molecular weight is 342 g/mol. The summed E-state index contributed by atoms with van der Waals surface area (Å²) in [5, 5.41) is 13.5. The van der Waals surface area contributed by atoms with Crippen molar-refractivity contribution in [2.75, 3.05) is 11.9 Å². The summed E-state index contributed by atoms with van der Waals surface area (Å²) in [4.78, 5) is 22.5. The number of para-hydroxylation sites is 1. The van der Waals surface area contributed by atoms with Crippen LogP contribution < -0.4 is 10.1 Å². The molecule has 0 aliphatic rings. The van der Waals surface area contributed by atoms with Crippen LogP contribution >= 0.6 is 0 Å². The highest BCUT2D eigenvalue weighted by Gasteiger charge is 2.13. The fourth-order valence-electron chi connectivity index (χ4n) is 2.43. The first-order valence-electron chi connectivity index (χ1n) is 8.19. The SMILES string of the molecule is CCC(C)c1ccccc1OCC(=O)Nc1cc([N+](=O)[O-])ccc1C. The monoisotopic (exact) mass is 342 g/mol. The molecule has 6 heteroatoms. The zero-order valence-electron chi connectivity index (χ0n) is 14.6. The highest BCUT2D eigenvalue weighted by atomic mass is 16.6. The molecule has 2 aromatic rings.